The highest BCUT2D eigenvalue weighted by Gasteiger charge is 2.16. The van der Waals surface area contributed by atoms with Crippen molar-refractivity contribution in [1.82, 2.24) is 20.2 Å². The maximum Gasteiger partial charge on any atom is 0.222 e. The zero-order chi connectivity index (χ0) is 13.1. The second-order valence-electron chi connectivity index (χ2n) is 4.93. The summed E-state index contributed by atoms with van der Waals surface area (Å²) in [6, 6.07) is 8.27. The van der Waals surface area contributed by atoms with Crippen molar-refractivity contribution in [2.75, 3.05) is 13.1 Å². The smallest absolute Gasteiger partial charge is 0.222 e. The monoisotopic (exact) mass is 258 g/mol. The maximum atomic E-state index is 11.9. The number of imidazole rings is 1. The quantitative estimate of drug-likeness (QED) is 0.857. The molecule has 0 bridgehead atoms. The Kier molecular flexibility index (Phi) is 3.46. The van der Waals surface area contributed by atoms with E-state index in [-0.39, 0.29) is 5.91 Å². The minimum absolute atomic E-state index is 0.117. The molecule has 1 unspecified atom stereocenters. The molecule has 1 aromatic carbocycles. The molecule has 1 fully saturated rings. The summed E-state index contributed by atoms with van der Waals surface area (Å²) < 4.78 is 2.03. The molecule has 5 heteroatoms. The predicted molar refractivity (Wildman–Crippen MR) is 73.8 cm³/mol. The van der Waals surface area contributed by atoms with Gasteiger partial charge in [-0.1, -0.05) is 12.1 Å². The first-order chi connectivity index (χ1) is 9.33. The molecule has 19 heavy (non-hydrogen) atoms. The number of amides is 1. The number of hydrogen-bond acceptors (Lipinski definition) is 3. The summed E-state index contributed by atoms with van der Waals surface area (Å²) in [4.78, 5) is 16.2. The molecular weight excluding hydrogens is 240 g/mol. The zero-order valence-corrected chi connectivity index (χ0v) is 10.8. The zero-order valence-electron chi connectivity index (χ0n) is 10.8. The first-order valence-corrected chi connectivity index (χ1v) is 6.73. The van der Waals surface area contributed by atoms with E-state index < -0.39 is 0 Å². The van der Waals surface area contributed by atoms with E-state index in [0.29, 0.717) is 19.0 Å². The van der Waals surface area contributed by atoms with Crippen molar-refractivity contribution in [2.24, 2.45) is 0 Å². The van der Waals surface area contributed by atoms with Crippen LogP contribution in [-0.2, 0) is 11.3 Å². The molecule has 0 radical (unpaired) electrons. The number of benzene rings is 1. The van der Waals surface area contributed by atoms with Gasteiger partial charge >= 0.3 is 0 Å². The Bertz CT molecular complexity index is 572. The van der Waals surface area contributed by atoms with Crippen LogP contribution in [0.4, 0.5) is 0 Å². The van der Waals surface area contributed by atoms with Gasteiger partial charge in [0, 0.05) is 25.6 Å². The summed E-state index contributed by atoms with van der Waals surface area (Å²) in [5.41, 5.74) is 2.06. The summed E-state index contributed by atoms with van der Waals surface area (Å²) in [5.74, 6) is 0.117. The molecule has 2 heterocycles. The molecule has 100 valence electrons. The molecule has 0 saturated carbocycles. The molecule has 1 amide bonds. The summed E-state index contributed by atoms with van der Waals surface area (Å²) in [6.07, 6.45) is 3.33. The lowest BCUT2D eigenvalue weighted by atomic mass is 10.2. The fourth-order valence-electron chi connectivity index (χ4n) is 2.49. The van der Waals surface area contributed by atoms with Crippen LogP contribution in [0.3, 0.4) is 0 Å². The molecule has 2 N–H and O–H groups in total. The molecule has 0 aliphatic carbocycles. The molecule has 1 aliphatic heterocycles. The first-order valence-electron chi connectivity index (χ1n) is 6.73. The standard InChI is InChI=1S/C14H18N4O/c19-14(17-11-5-7-15-9-11)6-8-18-10-16-12-3-1-2-4-13(12)18/h1-4,10-11,15H,5-9H2,(H,17,19). The van der Waals surface area contributed by atoms with Gasteiger partial charge in [-0.05, 0) is 25.1 Å². The number of rotatable bonds is 4. The number of nitrogens with one attached hydrogen (secondary N) is 2. The van der Waals surface area contributed by atoms with Crippen molar-refractivity contribution in [3.05, 3.63) is 30.6 Å². The SMILES string of the molecule is O=C(CCn1cnc2ccccc21)NC1CCNC1. The van der Waals surface area contributed by atoms with Crippen LogP contribution in [0.2, 0.25) is 0 Å². The van der Waals surface area contributed by atoms with Gasteiger partial charge < -0.3 is 15.2 Å². The largest absolute Gasteiger partial charge is 0.352 e. The van der Waals surface area contributed by atoms with Crippen LogP contribution in [0.15, 0.2) is 30.6 Å². The number of hydrogen-bond donors (Lipinski definition) is 2. The van der Waals surface area contributed by atoms with Gasteiger partial charge in [0.05, 0.1) is 17.4 Å². The maximum absolute atomic E-state index is 11.9. The summed E-state index contributed by atoms with van der Waals surface area (Å²) in [6.45, 7) is 2.56. The van der Waals surface area contributed by atoms with Gasteiger partial charge in [-0.3, -0.25) is 4.79 Å². The van der Waals surface area contributed by atoms with Crippen molar-refractivity contribution < 1.29 is 4.79 Å². The highest BCUT2D eigenvalue weighted by molar-refractivity contribution is 5.77. The lowest BCUT2D eigenvalue weighted by molar-refractivity contribution is -0.121. The Hall–Kier alpha value is -1.88. The van der Waals surface area contributed by atoms with E-state index in [1.54, 1.807) is 6.33 Å². The fourth-order valence-corrected chi connectivity index (χ4v) is 2.49. The topological polar surface area (TPSA) is 59.0 Å². The number of aromatic nitrogens is 2. The Balaban J connectivity index is 1.58. The third kappa shape index (κ3) is 2.76. The lowest BCUT2D eigenvalue weighted by Crippen LogP contribution is -2.36. The molecular formula is C14H18N4O. The van der Waals surface area contributed by atoms with Crippen LogP contribution in [0.1, 0.15) is 12.8 Å². The van der Waals surface area contributed by atoms with Crippen molar-refractivity contribution >= 4 is 16.9 Å². The predicted octanol–water partition coefficient (Wildman–Crippen LogP) is 0.904. The Morgan fingerprint density at radius 2 is 2.37 bits per heavy atom. The van der Waals surface area contributed by atoms with Gasteiger partial charge in [0.1, 0.15) is 0 Å². The average molecular weight is 258 g/mol. The summed E-state index contributed by atoms with van der Waals surface area (Å²) in [7, 11) is 0. The van der Waals surface area contributed by atoms with Gasteiger partial charge in [-0.25, -0.2) is 4.98 Å². The van der Waals surface area contributed by atoms with E-state index >= 15 is 0 Å². The van der Waals surface area contributed by atoms with Crippen LogP contribution >= 0.6 is 0 Å². The molecule has 1 aromatic heterocycles. The van der Waals surface area contributed by atoms with Gasteiger partial charge in [-0.2, -0.15) is 0 Å². The van der Waals surface area contributed by atoms with Gasteiger partial charge in [0.25, 0.3) is 0 Å². The van der Waals surface area contributed by atoms with E-state index in [9.17, 15) is 4.79 Å². The minimum Gasteiger partial charge on any atom is -0.352 e. The number of aryl methyl sites for hydroxylation is 1. The average Bonchev–Trinajstić information content (AvgIpc) is 3.05. The number of carbonyl (C=O) groups excluding carboxylic acids is 1. The first kappa shape index (κ1) is 12.2. The van der Waals surface area contributed by atoms with Crippen LogP contribution in [-0.4, -0.2) is 34.6 Å². The van der Waals surface area contributed by atoms with Crippen molar-refractivity contribution in [3.63, 3.8) is 0 Å². The molecule has 3 rings (SSSR count). The van der Waals surface area contributed by atoms with E-state index in [0.717, 1.165) is 30.5 Å². The number of carbonyl (C=O) groups is 1. The van der Waals surface area contributed by atoms with E-state index in [4.69, 9.17) is 0 Å². The number of para-hydroxylation sites is 2. The molecule has 5 nitrogen and oxygen atoms in total. The van der Waals surface area contributed by atoms with Crippen molar-refractivity contribution in [1.29, 1.82) is 0 Å². The molecule has 2 aromatic rings. The van der Waals surface area contributed by atoms with Gasteiger partial charge in [0.2, 0.25) is 5.91 Å². The number of nitrogens with zero attached hydrogens (tertiary/aromatic N) is 2. The summed E-state index contributed by atoms with van der Waals surface area (Å²) in [5, 5.41) is 6.30. The highest BCUT2D eigenvalue weighted by atomic mass is 16.1. The second kappa shape index (κ2) is 5.40. The van der Waals surface area contributed by atoms with Gasteiger partial charge in [0.15, 0.2) is 0 Å². The van der Waals surface area contributed by atoms with E-state index in [1.165, 1.54) is 0 Å². The minimum atomic E-state index is 0.117. The highest BCUT2D eigenvalue weighted by Crippen LogP contribution is 2.12. The third-order valence-corrected chi connectivity index (χ3v) is 3.53. The van der Waals surface area contributed by atoms with Crippen LogP contribution in [0, 0.1) is 0 Å². The molecule has 1 saturated heterocycles. The number of fused-ring (bicyclic) bond motifs is 1. The van der Waals surface area contributed by atoms with Crippen LogP contribution < -0.4 is 10.6 Å². The second-order valence-corrected chi connectivity index (χ2v) is 4.93. The Morgan fingerprint density at radius 3 is 3.21 bits per heavy atom. The molecule has 1 atom stereocenters. The Labute approximate surface area is 112 Å². The van der Waals surface area contributed by atoms with Crippen LogP contribution in [0.5, 0.6) is 0 Å². The van der Waals surface area contributed by atoms with Crippen LogP contribution in [0.25, 0.3) is 11.0 Å². The normalized spacial score (nSPS) is 18.8. The van der Waals surface area contributed by atoms with Crippen molar-refractivity contribution in [2.45, 2.75) is 25.4 Å². The summed E-state index contributed by atoms with van der Waals surface area (Å²) >= 11 is 0. The fraction of sp³-hybridized carbons (Fsp3) is 0.429. The third-order valence-electron chi connectivity index (χ3n) is 3.53. The lowest BCUT2D eigenvalue weighted by Gasteiger charge is -2.11. The Morgan fingerprint density at radius 1 is 1.47 bits per heavy atom. The molecule has 1 aliphatic rings. The van der Waals surface area contributed by atoms with E-state index in [1.807, 2.05) is 28.8 Å². The van der Waals surface area contributed by atoms with Crippen molar-refractivity contribution in [3.8, 4) is 0 Å². The molecule has 0 spiro atoms. The van der Waals surface area contributed by atoms with Gasteiger partial charge in [-0.15, -0.1) is 0 Å². The van der Waals surface area contributed by atoms with E-state index in [2.05, 4.69) is 15.6 Å².